The molecule has 0 aliphatic carbocycles. The molecule has 0 radical (unpaired) electrons. The minimum absolute atomic E-state index is 0.0655. The van der Waals surface area contributed by atoms with Gasteiger partial charge in [-0.05, 0) is 28.8 Å². The Bertz CT molecular complexity index is 601. The smallest absolute Gasteiger partial charge is 0.245 e. The molecule has 0 amide bonds. The third-order valence-electron chi connectivity index (χ3n) is 2.51. The van der Waals surface area contributed by atoms with Crippen molar-refractivity contribution in [2.24, 2.45) is 0 Å². The molecule has 5 heteroatoms. The van der Waals surface area contributed by atoms with Crippen molar-refractivity contribution in [2.75, 3.05) is 0 Å². The normalized spacial score (nSPS) is 10.8. The fourth-order valence-corrected chi connectivity index (χ4v) is 1.66. The number of H-pyrrole nitrogens is 1. The number of aromatic amines is 1. The van der Waals surface area contributed by atoms with Gasteiger partial charge in [0.2, 0.25) is 11.0 Å². The van der Waals surface area contributed by atoms with Crippen LogP contribution in [0.1, 0.15) is 21.7 Å². The number of carbonyl (C=O) groups is 2. The highest BCUT2D eigenvalue weighted by Gasteiger charge is 2.08. The standard InChI is InChI=1S/C14H11ClN2O2/c15-13(19)6-5-10-1-3-11(4-2-10)9-12(18)14-16-7-8-17-14/h1-8H,9H2,(H,16,17)/b6-5+. The van der Waals surface area contributed by atoms with Crippen molar-refractivity contribution >= 4 is 28.7 Å². The van der Waals surface area contributed by atoms with Crippen LogP contribution in [0, 0.1) is 0 Å². The van der Waals surface area contributed by atoms with Gasteiger partial charge < -0.3 is 4.98 Å². The van der Waals surface area contributed by atoms with Gasteiger partial charge in [0.15, 0.2) is 5.82 Å². The predicted octanol–water partition coefficient (Wildman–Crippen LogP) is 2.61. The van der Waals surface area contributed by atoms with Crippen LogP contribution in [0.2, 0.25) is 0 Å². The van der Waals surface area contributed by atoms with E-state index < -0.39 is 5.24 Å². The summed E-state index contributed by atoms with van der Waals surface area (Å²) in [4.78, 5) is 29.1. The summed E-state index contributed by atoms with van der Waals surface area (Å²) in [6.07, 6.45) is 6.35. The number of nitrogens with zero attached hydrogens (tertiary/aromatic N) is 1. The summed E-state index contributed by atoms with van der Waals surface area (Å²) >= 11 is 5.20. The Balaban J connectivity index is 2.03. The molecule has 2 aromatic rings. The molecule has 1 N–H and O–H groups in total. The highest BCUT2D eigenvalue weighted by Crippen LogP contribution is 2.09. The fourth-order valence-electron chi connectivity index (χ4n) is 1.60. The van der Waals surface area contributed by atoms with Crippen LogP contribution in [0.25, 0.3) is 6.08 Å². The second-order valence-electron chi connectivity index (χ2n) is 3.92. The van der Waals surface area contributed by atoms with Gasteiger partial charge in [-0.1, -0.05) is 30.3 Å². The predicted molar refractivity (Wildman–Crippen MR) is 73.0 cm³/mol. The molecule has 2 rings (SSSR count). The molecule has 0 unspecified atom stereocenters. The Morgan fingerprint density at radius 1 is 1.26 bits per heavy atom. The maximum Gasteiger partial charge on any atom is 0.245 e. The van der Waals surface area contributed by atoms with Gasteiger partial charge in [0.1, 0.15) is 0 Å². The lowest BCUT2D eigenvalue weighted by Crippen LogP contribution is -2.05. The van der Waals surface area contributed by atoms with Crippen LogP contribution in [0.15, 0.2) is 42.7 Å². The van der Waals surface area contributed by atoms with Crippen molar-refractivity contribution in [1.29, 1.82) is 0 Å². The van der Waals surface area contributed by atoms with E-state index in [4.69, 9.17) is 11.6 Å². The summed E-state index contributed by atoms with van der Waals surface area (Å²) in [6.45, 7) is 0. The molecule has 19 heavy (non-hydrogen) atoms. The Labute approximate surface area is 115 Å². The number of halogens is 1. The number of Topliss-reactive ketones (excluding diaryl/α,β-unsaturated/α-hetero) is 1. The van der Waals surface area contributed by atoms with Crippen LogP contribution in [0.4, 0.5) is 0 Å². The molecule has 0 bridgehead atoms. The number of hydrogen-bond donors (Lipinski definition) is 1. The molecule has 0 aliphatic rings. The molecule has 0 fully saturated rings. The monoisotopic (exact) mass is 274 g/mol. The fraction of sp³-hybridized carbons (Fsp3) is 0.0714. The molecular weight excluding hydrogens is 264 g/mol. The van der Waals surface area contributed by atoms with Crippen molar-refractivity contribution < 1.29 is 9.59 Å². The average Bonchev–Trinajstić information content (AvgIpc) is 2.92. The van der Waals surface area contributed by atoms with Gasteiger partial charge in [0.25, 0.3) is 0 Å². The number of aromatic nitrogens is 2. The van der Waals surface area contributed by atoms with E-state index in [0.717, 1.165) is 11.1 Å². The van der Waals surface area contributed by atoms with E-state index in [1.165, 1.54) is 6.08 Å². The lowest BCUT2D eigenvalue weighted by molar-refractivity contribution is -0.107. The molecule has 96 valence electrons. The number of imidazole rings is 1. The maximum atomic E-state index is 11.8. The summed E-state index contributed by atoms with van der Waals surface area (Å²) in [7, 11) is 0. The van der Waals surface area contributed by atoms with Gasteiger partial charge in [-0.15, -0.1) is 0 Å². The summed E-state index contributed by atoms with van der Waals surface area (Å²) < 4.78 is 0. The zero-order valence-electron chi connectivity index (χ0n) is 9.97. The van der Waals surface area contributed by atoms with Crippen molar-refractivity contribution in [3.8, 4) is 0 Å². The first-order chi connectivity index (χ1) is 9.15. The number of allylic oxidation sites excluding steroid dienone is 1. The van der Waals surface area contributed by atoms with E-state index in [1.807, 2.05) is 24.3 Å². The van der Waals surface area contributed by atoms with E-state index in [2.05, 4.69) is 9.97 Å². The molecule has 1 aromatic heterocycles. The second kappa shape index (κ2) is 6.11. The van der Waals surface area contributed by atoms with Crippen molar-refractivity contribution in [3.63, 3.8) is 0 Å². The Kier molecular flexibility index (Phi) is 4.26. The number of rotatable bonds is 5. The molecule has 0 saturated carbocycles. The maximum absolute atomic E-state index is 11.8. The summed E-state index contributed by atoms with van der Waals surface area (Å²) in [6, 6.07) is 7.31. The van der Waals surface area contributed by atoms with Crippen molar-refractivity contribution in [3.05, 3.63) is 59.7 Å². The number of carbonyl (C=O) groups excluding carboxylic acids is 2. The minimum Gasteiger partial charge on any atom is -0.342 e. The van der Waals surface area contributed by atoms with Crippen LogP contribution >= 0.6 is 11.6 Å². The van der Waals surface area contributed by atoms with E-state index >= 15 is 0 Å². The summed E-state index contributed by atoms with van der Waals surface area (Å²) in [5.74, 6) is 0.293. The van der Waals surface area contributed by atoms with Gasteiger partial charge in [0, 0.05) is 18.8 Å². The Morgan fingerprint density at radius 3 is 2.58 bits per heavy atom. The molecule has 0 spiro atoms. The SMILES string of the molecule is O=C(Cl)/C=C/c1ccc(CC(=O)c2ncc[nH]2)cc1. The first-order valence-corrected chi connectivity index (χ1v) is 6.02. The van der Waals surface area contributed by atoms with Gasteiger partial charge in [-0.3, -0.25) is 9.59 Å². The lowest BCUT2D eigenvalue weighted by atomic mass is 10.1. The zero-order chi connectivity index (χ0) is 13.7. The highest BCUT2D eigenvalue weighted by atomic mass is 35.5. The largest absolute Gasteiger partial charge is 0.342 e. The molecule has 0 aliphatic heterocycles. The average molecular weight is 275 g/mol. The van der Waals surface area contributed by atoms with Crippen molar-refractivity contribution in [2.45, 2.75) is 6.42 Å². The van der Waals surface area contributed by atoms with Gasteiger partial charge in [0.05, 0.1) is 0 Å². The number of ketones is 1. The van der Waals surface area contributed by atoms with Gasteiger partial charge >= 0.3 is 0 Å². The Hall–Kier alpha value is -2.20. The third kappa shape index (κ3) is 3.89. The van der Waals surface area contributed by atoms with E-state index in [1.54, 1.807) is 18.5 Å². The molecular formula is C14H11ClN2O2. The summed E-state index contributed by atoms with van der Waals surface area (Å²) in [5, 5.41) is -0.517. The number of benzene rings is 1. The van der Waals surface area contributed by atoms with Crippen molar-refractivity contribution in [1.82, 2.24) is 9.97 Å². The van der Waals surface area contributed by atoms with Crippen LogP contribution < -0.4 is 0 Å². The van der Waals surface area contributed by atoms with E-state index in [-0.39, 0.29) is 12.2 Å². The number of hydrogen-bond acceptors (Lipinski definition) is 3. The molecule has 4 nitrogen and oxygen atoms in total. The first kappa shape index (κ1) is 13.2. The van der Waals surface area contributed by atoms with Crippen LogP contribution in [0.3, 0.4) is 0 Å². The van der Waals surface area contributed by atoms with Crippen LogP contribution in [0.5, 0.6) is 0 Å². The topological polar surface area (TPSA) is 62.8 Å². The van der Waals surface area contributed by atoms with Crippen LogP contribution in [-0.4, -0.2) is 21.0 Å². The Morgan fingerprint density at radius 2 is 2.00 bits per heavy atom. The molecule has 1 heterocycles. The minimum atomic E-state index is -0.517. The first-order valence-electron chi connectivity index (χ1n) is 5.64. The van der Waals surface area contributed by atoms with Gasteiger partial charge in [-0.25, -0.2) is 4.98 Å². The molecule has 0 atom stereocenters. The lowest BCUT2D eigenvalue weighted by Gasteiger charge is -2.00. The second-order valence-corrected chi connectivity index (χ2v) is 4.29. The summed E-state index contributed by atoms with van der Waals surface area (Å²) in [5.41, 5.74) is 1.74. The van der Waals surface area contributed by atoms with E-state index in [9.17, 15) is 9.59 Å². The molecule has 0 saturated heterocycles. The zero-order valence-corrected chi connectivity index (χ0v) is 10.7. The van der Waals surface area contributed by atoms with Gasteiger partial charge in [-0.2, -0.15) is 0 Å². The highest BCUT2D eigenvalue weighted by molar-refractivity contribution is 6.66. The number of nitrogens with one attached hydrogen (secondary N) is 1. The molecule has 1 aromatic carbocycles. The van der Waals surface area contributed by atoms with E-state index in [0.29, 0.717) is 5.82 Å². The quantitative estimate of drug-likeness (QED) is 0.518. The van der Waals surface area contributed by atoms with Crippen LogP contribution in [-0.2, 0) is 11.2 Å². The third-order valence-corrected chi connectivity index (χ3v) is 2.64.